The van der Waals surface area contributed by atoms with Crippen LogP contribution >= 0.6 is 0 Å². The number of anilines is 1. The van der Waals surface area contributed by atoms with Gasteiger partial charge in [-0.3, -0.25) is 4.79 Å². The third-order valence-corrected chi connectivity index (χ3v) is 4.66. The minimum atomic E-state index is -0.411. The molecule has 0 aliphatic carbocycles. The van der Waals surface area contributed by atoms with Gasteiger partial charge in [0.25, 0.3) is 5.91 Å². The third-order valence-electron chi connectivity index (χ3n) is 4.66. The second-order valence-electron chi connectivity index (χ2n) is 6.48. The van der Waals surface area contributed by atoms with Crippen molar-refractivity contribution in [1.82, 2.24) is 4.90 Å². The minimum Gasteiger partial charge on any atom is -0.481 e. The van der Waals surface area contributed by atoms with E-state index >= 15 is 0 Å². The first kappa shape index (κ1) is 17.3. The number of rotatable bonds is 5. The van der Waals surface area contributed by atoms with Gasteiger partial charge in [0.2, 0.25) is 0 Å². The van der Waals surface area contributed by atoms with Crippen molar-refractivity contribution in [2.75, 3.05) is 31.1 Å². The fraction of sp³-hybridized carbons (Fsp3) is 0.381. The molecule has 2 aromatic rings. The molecular formula is C21H26N2O2. The highest BCUT2D eigenvalue weighted by Gasteiger charge is 2.27. The number of para-hydroxylation sites is 1. The summed E-state index contributed by atoms with van der Waals surface area (Å²) in [5.74, 6) is 0.851. The Morgan fingerprint density at radius 1 is 1.00 bits per heavy atom. The summed E-state index contributed by atoms with van der Waals surface area (Å²) in [5, 5.41) is 0. The lowest BCUT2D eigenvalue weighted by Crippen LogP contribution is -2.52. The van der Waals surface area contributed by atoms with Gasteiger partial charge in [-0.25, -0.2) is 0 Å². The van der Waals surface area contributed by atoms with Crippen LogP contribution < -0.4 is 9.64 Å². The van der Waals surface area contributed by atoms with Gasteiger partial charge in [-0.05, 0) is 37.6 Å². The summed E-state index contributed by atoms with van der Waals surface area (Å²) in [6.07, 6.45) is 0.261. The highest BCUT2D eigenvalue weighted by atomic mass is 16.5. The molecule has 1 atom stereocenters. The van der Waals surface area contributed by atoms with Crippen LogP contribution in [0.2, 0.25) is 0 Å². The standard InChI is InChI=1S/C21H26N2O2/c1-3-20(25-19-11-9-17(2)10-12-19)21(24)23-15-13-22(14-16-23)18-7-5-4-6-8-18/h4-12,20H,3,13-16H2,1-2H3/t20-/m0/s1. The van der Waals surface area contributed by atoms with E-state index in [1.165, 1.54) is 11.3 Å². The predicted molar refractivity (Wildman–Crippen MR) is 101 cm³/mol. The van der Waals surface area contributed by atoms with Crippen molar-refractivity contribution in [1.29, 1.82) is 0 Å². The SMILES string of the molecule is CC[C@H](Oc1ccc(C)cc1)C(=O)N1CCN(c2ccccc2)CC1. The van der Waals surface area contributed by atoms with Gasteiger partial charge in [0.15, 0.2) is 6.10 Å². The van der Waals surface area contributed by atoms with E-state index in [0.717, 1.165) is 31.9 Å². The van der Waals surface area contributed by atoms with Crippen LogP contribution in [0.15, 0.2) is 54.6 Å². The van der Waals surface area contributed by atoms with E-state index in [1.54, 1.807) is 0 Å². The third kappa shape index (κ3) is 4.32. The zero-order chi connectivity index (χ0) is 17.6. The predicted octanol–water partition coefficient (Wildman–Crippen LogP) is 3.50. The molecule has 0 bridgehead atoms. The minimum absolute atomic E-state index is 0.0933. The van der Waals surface area contributed by atoms with Crippen molar-refractivity contribution in [3.05, 3.63) is 60.2 Å². The number of ether oxygens (including phenoxy) is 1. The Morgan fingerprint density at radius 3 is 2.24 bits per heavy atom. The van der Waals surface area contributed by atoms with Crippen LogP contribution in [0.1, 0.15) is 18.9 Å². The first-order valence-electron chi connectivity index (χ1n) is 8.99. The summed E-state index contributed by atoms with van der Waals surface area (Å²) in [4.78, 5) is 17.1. The van der Waals surface area contributed by atoms with Crippen molar-refractivity contribution < 1.29 is 9.53 Å². The van der Waals surface area contributed by atoms with Crippen LogP contribution in [0.3, 0.4) is 0 Å². The fourth-order valence-corrected chi connectivity index (χ4v) is 3.12. The van der Waals surface area contributed by atoms with Gasteiger partial charge in [-0.2, -0.15) is 0 Å². The molecule has 0 spiro atoms. The lowest BCUT2D eigenvalue weighted by molar-refractivity contribution is -0.139. The van der Waals surface area contributed by atoms with Crippen LogP contribution in [0.25, 0.3) is 0 Å². The monoisotopic (exact) mass is 338 g/mol. The molecule has 0 N–H and O–H groups in total. The van der Waals surface area contributed by atoms with Crippen molar-refractivity contribution in [2.24, 2.45) is 0 Å². The molecule has 0 saturated carbocycles. The van der Waals surface area contributed by atoms with Crippen LogP contribution in [-0.2, 0) is 4.79 Å². The summed E-state index contributed by atoms with van der Waals surface area (Å²) >= 11 is 0. The zero-order valence-electron chi connectivity index (χ0n) is 15.0. The smallest absolute Gasteiger partial charge is 0.263 e. The van der Waals surface area contributed by atoms with Crippen LogP contribution in [0.5, 0.6) is 5.75 Å². The topological polar surface area (TPSA) is 32.8 Å². The van der Waals surface area contributed by atoms with Crippen LogP contribution in [-0.4, -0.2) is 43.1 Å². The van der Waals surface area contributed by atoms with Gasteiger partial charge in [0.1, 0.15) is 5.75 Å². The van der Waals surface area contributed by atoms with Crippen molar-refractivity contribution in [2.45, 2.75) is 26.4 Å². The van der Waals surface area contributed by atoms with E-state index in [9.17, 15) is 4.79 Å². The number of amides is 1. The van der Waals surface area contributed by atoms with Gasteiger partial charge >= 0.3 is 0 Å². The quantitative estimate of drug-likeness (QED) is 0.836. The molecule has 1 aliphatic rings. The zero-order valence-corrected chi connectivity index (χ0v) is 15.0. The van der Waals surface area contributed by atoms with Gasteiger partial charge in [0.05, 0.1) is 0 Å². The lowest BCUT2D eigenvalue weighted by atomic mass is 10.2. The number of nitrogens with zero attached hydrogens (tertiary/aromatic N) is 2. The molecule has 1 aliphatic heterocycles. The van der Waals surface area contributed by atoms with Crippen molar-refractivity contribution in [3.8, 4) is 5.75 Å². The maximum Gasteiger partial charge on any atom is 0.263 e. The Kier molecular flexibility index (Phi) is 5.59. The first-order chi connectivity index (χ1) is 12.2. The molecule has 1 heterocycles. The normalized spacial score (nSPS) is 15.8. The largest absolute Gasteiger partial charge is 0.481 e. The maximum atomic E-state index is 12.8. The molecule has 0 aromatic heterocycles. The van der Waals surface area contributed by atoms with Crippen LogP contribution in [0, 0.1) is 6.92 Å². The number of benzene rings is 2. The van der Waals surface area contributed by atoms with E-state index < -0.39 is 6.10 Å². The van der Waals surface area contributed by atoms with E-state index in [2.05, 4.69) is 29.2 Å². The summed E-state index contributed by atoms with van der Waals surface area (Å²) < 4.78 is 5.94. The number of carbonyl (C=O) groups excluding carboxylic acids is 1. The lowest BCUT2D eigenvalue weighted by Gasteiger charge is -2.37. The molecule has 1 saturated heterocycles. The highest BCUT2D eigenvalue weighted by molar-refractivity contribution is 5.81. The number of piperazine rings is 1. The molecule has 1 amide bonds. The van der Waals surface area contributed by atoms with E-state index in [0.29, 0.717) is 6.42 Å². The fourth-order valence-electron chi connectivity index (χ4n) is 3.12. The summed E-state index contributed by atoms with van der Waals surface area (Å²) in [6.45, 7) is 7.23. The molecule has 25 heavy (non-hydrogen) atoms. The first-order valence-corrected chi connectivity index (χ1v) is 8.99. The average molecular weight is 338 g/mol. The number of hydrogen-bond acceptors (Lipinski definition) is 3. The Bertz CT molecular complexity index is 677. The van der Waals surface area contributed by atoms with E-state index in [4.69, 9.17) is 4.74 Å². The highest BCUT2D eigenvalue weighted by Crippen LogP contribution is 2.19. The average Bonchev–Trinajstić information content (AvgIpc) is 2.68. The molecule has 3 rings (SSSR count). The van der Waals surface area contributed by atoms with Crippen LogP contribution in [0.4, 0.5) is 5.69 Å². The second kappa shape index (κ2) is 8.06. The van der Waals surface area contributed by atoms with Gasteiger partial charge in [-0.15, -0.1) is 0 Å². The molecule has 4 heteroatoms. The molecule has 132 valence electrons. The number of carbonyl (C=O) groups is 1. The summed E-state index contributed by atoms with van der Waals surface area (Å²) in [7, 11) is 0. The molecular weight excluding hydrogens is 312 g/mol. The Morgan fingerprint density at radius 2 is 1.64 bits per heavy atom. The Balaban J connectivity index is 1.57. The maximum absolute atomic E-state index is 12.8. The number of hydrogen-bond donors (Lipinski definition) is 0. The van der Waals surface area contributed by atoms with Gasteiger partial charge < -0.3 is 14.5 Å². The number of aryl methyl sites for hydroxylation is 1. The van der Waals surface area contributed by atoms with Gasteiger partial charge in [0, 0.05) is 31.9 Å². The van der Waals surface area contributed by atoms with Crippen molar-refractivity contribution >= 4 is 11.6 Å². The molecule has 2 aromatic carbocycles. The molecule has 1 fully saturated rings. The van der Waals surface area contributed by atoms with Gasteiger partial charge in [-0.1, -0.05) is 42.8 Å². The van der Waals surface area contributed by atoms with E-state index in [1.807, 2.05) is 49.1 Å². The Hall–Kier alpha value is -2.49. The molecule has 0 radical (unpaired) electrons. The van der Waals surface area contributed by atoms with E-state index in [-0.39, 0.29) is 5.91 Å². The summed E-state index contributed by atoms with van der Waals surface area (Å²) in [6, 6.07) is 18.2. The second-order valence-corrected chi connectivity index (χ2v) is 6.48. The summed E-state index contributed by atoms with van der Waals surface area (Å²) in [5.41, 5.74) is 2.40. The van der Waals surface area contributed by atoms with Crippen molar-refractivity contribution in [3.63, 3.8) is 0 Å². The Labute approximate surface area is 150 Å². The molecule has 4 nitrogen and oxygen atoms in total. The molecule has 0 unspecified atom stereocenters.